The van der Waals surface area contributed by atoms with Crippen molar-refractivity contribution in [1.29, 1.82) is 0 Å². The third-order valence-electron chi connectivity index (χ3n) is 3.01. The van der Waals surface area contributed by atoms with Crippen LogP contribution >= 0.6 is 27.5 Å². The van der Waals surface area contributed by atoms with Crippen molar-refractivity contribution in [2.24, 2.45) is 5.73 Å². The molecule has 2 aromatic rings. The lowest BCUT2D eigenvalue weighted by Gasteiger charge is -2.12. The van der Waals surface area contributed by atoms with Gasteiger partial charge in [0.15, 0.2) is 0 Å². The molecule has 0 fully saturated rings. The van der Waals surface area contributed by atoms with Crippen LogP contribution in [0.15, 0.2) is 22.8 Å². The normalized spacial score (nSPS) is 15.2. The lowest BCUT2D eigenvalue weighted by molar-refractivity contribution is 0.352. The molecule has 2 N–H and O–H groups in total. The van der Waals surface area contributed by atoms with Crippen molar-refractivity contribution >= 4 is 27.5 Å². The van der Waals surface area contributed by atoms with Gasteiger partial charge in [-0.3, -0.25) is 0 Å². The minimum absolute atomic E-state index is 0.0763. The summed E-state index contributed by atoms with van der Waals surface area (Å²) in [7, 11) is 0. The number of ether oxygens (including phenoxy) is 1. The van der Waals surface area contributed by atoms with Crippen LogP contribution in [0.3, 0.4) is 0 Å². The first kappa shape index (κ1) is 12.1. The molecule has 18 heavy (non-hydrogen) atoms. The topological polar surface area (TPSA) is 61.0 Å². The minimum atomic E-state index is -0.0763. The van der Waals surface area contributed by atoms with Crippen LogP contribution < -0.4 is 10.5 Å². The first-order valence-electron chi connectivity index (χ1n) is 5.71. The summed E-state index contributed by atoms with van der Waals surface area (Å²) >= 11 is 4.89. The van der Waals surface area contributed by atoms with Gasteiger partial charge in [-0.1, -0.05) is 20.4 Å². The summed E-state index contributed by atoms with van der Waals surface area (Å²) in [5.41, 5.74) is 8.58. The fourth-order valence-electron chi connectivity index (χ4n) is 2.17. The molecule has 1 unspecified atom stereocenters. The predicted molar refractivity (Wildman–Crippen MR) is 73.9 cm³/mol. The second kappa shape index (κ2) is 4.95. The van der Waals surface area contributed by atoms with Crippen LogP contribution in [0.2, 0.25) is 0 Å². The molecule has 0 bridgehead atoms. The Hall–Kier alpha value is -0.980. The summed E-state index contributed by atoms with van der Waals surface area (Å²) in [5.74, 6) is 1.01. The van der Waals surface area contributed by atoms with Crippen LogP contribution in [-0.4, -0.2) is 16.2 Å². The van der Waals surface area contributed by atoms with Gasteiger partial charge in [0.25, 0.3) is 0 Å². The van der Waals surface area contributed by atoms with E-state index in [-0.39, 0.29) is 6.04 Å². The molecular formula is C12H12BrN3OS. The molecule has 1 atom stereocenters. The van der Waals surface area contributed by atoms with E-state index in [1.165, 1.54) is 17.1 Å². The van der Waals surface area contributed by atoms with Gasteiger partial charge in [0.1, 0.15) is 5.75 Å². The summed E-state index contributed by atoms with van der Waals surface area (Å²) in [6.07, 6.45) is 3.44. The molecule has 1 aliphatic rings. The molecule has 0 saturated carbocycles. The van der Waals surface area contributed by atoms with Crippen LogP contribution in [0.5, 0.6) is 5.75 Å². The Morgan fingerprint density at radius 3 is 3.17 bits per heavy atom. The number of halogens is 1. The van der Waals surface area contributed by atoms with Crippen LogP contribution in [0, 0.1) is 0 Å². The average Bonchev–Trinajstić information content (AvgIpc) is 2.98. The Morgan fingerprint density at radius 1 is 1.50 bits per heavy atom. The van der Waals surface area contributed by atoms with Crippen molar-refractivity contribution in [1.82, 2.24) is 9.59 Å². The number of nitrogens with two attached hydrogens (primary N) is 1. The monoisotopic (exact) mass is 325 g/mol. The minimum Gasteiger partial charge on any atom is -0.493 e. The highest BCUT2D eigenvalue weighted by Crippen LogP contribution is 2.35. The van der Waals surface area contributed by atoms with E-state index in [9.17, 15) is 0 Å². The molecule has 1 aromatic heterocycles. The number of fused-ring (bicyclic) bond motifs is 1. The van der Waals surface area contributed by atoms with Gasteiger partial charge >= 0.3 is 0 Å². The van der Waals surface area contributed by atoms with E-state index >= 15 is 0 Å². The molecule has 1 aromatic carbocycles. The molecular weight excluding hydrogens is 314 g/mol. The summed E-state index contributed by atoms with van der Waals surface area (Å²) in [5, 5.41) is 3.82. The van der Waals surface area contributed by atoms with Crippen molar-refractivity contribution in [3.05, 3.63) is 38.8 Å². The summed E-state index contributed by atoms with van der Waals surface area (Å²) in [6.45, 7) is 0.760. The molecule has 94 valence electrons. The van der Waals surface area contributed by atoms with Gasteiger partial charge in [0.2, 0.25) is 0 Å². The maximum Gasteiger partial charge on any atom is 0.125 e. The number of benzene rings is 1. The van der Waals surface area contributed by atoms with Gasteiger partial charge in [0, 0.05) is 16.9 Å². The predicted octanol–water partition coefficient (Wildman–Crippen LogP) is 2.48. The van der Waals surface area contributed by atoms with Crippen molar-refractivity contribution < 1.29 is 4.74 Å². The van der Waals surface area contributed by atoms with E-state index in [2.05, 4.69) is 37.6 Å². The summed E-state index contributed by atoms with van der Waals surface area (Å²) < 4.78 is 10.6. The van der Waals surface area contributed by atoms with Gasteiger partial charge in [-0.05, 0) is 41.2 Å². The fraction of sp³-hybridized carbons (Fsp3) is 0.333. The number of nitrogens with zero attached hydrogens (tertiary/aromatic N) is 2. The second-order valence-electron chi connectivity index (χ2n) is 4.28. The molecule has 4 nitrogen and oxygen atoms in total. The second-order valence-corrected chi connectivity index (χ2v) is 6.02. The van der Waals surface area contributed by atoms with Gasteiger partial charge in [-0.15, -0.1) is 5.10 Å². The van der Waals surface area contributed by atoms with E-state index < -0.39 is 0 Å². The van der Waals surface area contributed by atoms with E-state index in [1.54, 1.807) is 6.20 Å². The zero-order valence-corrected chi connectivity index (χ0v) is 12.0. The molecule has 0 aliphatic carbocycles. The Labute approximate surface area is 117 Å². The number of hydrogen-bond acceptors (Lipinski definition) is 5. The maximum absolute atomic E-state index is 6.18. The SMILES string of the molecule is NC(Cc1cc(Br)cc2c1OCC2)c1cnns1. The van der Waals surface area contributed by atoms with Crippen molar-refractivity contribution in [3.63, 3.8) is 0 Å². The van der Waals surface area contributed by atoms with Crippen molar-refractivity contribution in [2.75, 3.05) is 6.61 Å². The van der Waals surface area contributed by atoms with Crippen LogP contribution in [0.25, 0.3) is 0 Å². The third-order valence-corrected chi connectivity index (χ3v) is 4.26. The fourth-order valence-corrected chi connectivity index (χ4v) is 3.23. The quantitative estimate of drug-likeness (QED) is 0.941. The smallest absolute Gasteiger partial charge is 0.125 e. The Bertz CT molecular complexity index is 559. The molecule has 0 saturated heterocycles. The van der Waals surface area contributed by atoms with Crippen LogP contribution in [0.1, 0.15) is 22.0 Å². The lowest BCUT2D eigenvalue weighted by atomic mass is 10.0. The number of aromatic nitrogens is 2. The highest BCUT2D eigenvalue weighted by atomic mass is 79.9. The molecule has 3 rings (SSSR count). The van der Waals surface area contributed by atoms with Gasteiger partial charge < -0.3 is 10.5 Å². The van der Waals surface area contributed by atoms with E-state index in [4.69, 9.17) is 10.5 Å². The Balaban J connectivity index is 1.89. The van der Waals surface area contributed by atoms with Gasteiger partial charge in [0.05, 0.1) is 17.7 Å². The molecule has 1 aliphatic heterocycles. The van der Waals surface area contributed by atoms with Crippen molar-refractivity contribution in [2.45, 2.75) is 18.9 Å². The van der Waals surface area contributed by atoms with Crippen LogP contribution in [-0.2, 0) is 12.8 Å². The van der Waals surface area contributed by atoms with Gasteiger partial charge in [-0.2, -0.15) is 0 Å². The molecule has 0 amide bonds. The molecule has 0 radical (unpaired) electrons. The van der Waals surface area contributed by atoms with Crippen LogP contribution in [0.4, 0.5) is 0 Å². The number of rotatable bonds is 3. The highest BCUT2D eigenvalue weighted by Gasteiger charge is 2.20. The Kier molecular flexibility index (Phi) is 3.32. The standard InChI is InChI=1S/C12H12BrN3OS/c13-9-3-7-1-2-17-12(7)8(4-9)5-10(14)11-6-15-16-18-11/h3-4,6,10H,1-2,5,14H2. The van der Waals surface area contributed by atoms with E-state index in [0.29, 0.717) is 0 Å². The third kappa shape index (κ3) is 2.28. The maximum atomic E-state index is 6.18. The van der Waals surface area contributed by atoms with E-state index in [0.717, 1.165) is 40.1 Å². The number of hydrogen-bond donors (Lipinski definition) is 1. The summed E-state index contributed by atoms with van der Waals surface area (Å²) in [4.78, 5) is 1.00. The van der Waals surface area contributed by atoms with Gasteiger partial charge in [-0.25, -0.2) is 0 Å². The van der Waals surface area contributed by atoms with E-state index in [1.807, 2.05) is 0 Å². The molecule has 0 spiro atoms. The van der Waals surface area contributed by atoms with Crippen molar-refractivity contribution in [3.8, 4) is 5.75 Å². The largest absolute Gasteiger partial charge is 0.493 e. The average molecular weight is 326 g/mol. The first-order chi connectivity index (χ1) is 8.74. The highest BCUT2D eigenvalue weighted by molar-refractivity contribution is 9.10. The Morgan fingerprint density at radius 2 is 2.39 bits per heavy atom. The zero-order valence-electron chi connectivity index (χ0n) is 9.60. The zero-order chi connectivity index (χ0) is 12.5. The first-order valence-corrected chi connectivity index (χ1v) is 7.27. The molecule has 6 heteroatoms. The lowest BCUT2D eigenvalue weighted by Crippen LogP contribution is -2.12. The molecule has 2 heterocycles. The summed E-state index contributed by atoms with van der Waals surface area (Å²) in [6, 6.07) is 4.12.